The third kappa shape index (κ3) is 3.60. The normalized spacial score (nSPS) is 14.4. The maximum absolute atomic E-state index is 13.0. The Bertz CT molecular complexity index is 987. The van der Waals surface area contributed by atoms with Crippen molar-refractivity contribution in [1.82, 2.24) is 9.80 Å². The van der Waals surface area contributed by atoms with Crippen molar-refractivity contribution in [3.05, 3.63) is 82.3 Å². The zero-order chi connectivity index (χ0) is 18.8. The minimum Gasteiger partial charge on any atom is -0.335 e. The summed E-state index contributed by atoms with van der Waals surface area (Å²) >= 11 is 3.38. The van der Waals surface area contributed by atoms with Gasteiger partial charge in [-0.15, -0.1) is 0 Å². The van der Waals surface area contributed by atoms with E-state index in [4.69, 9.17) is 0 Å². The van der Waals surface area contributed by atoms with E-state index in [-0.39, 0.29) is 11.8 Å². The summed E-state index contributed by atoms with van der Waals surface area (Å²) in [7, 11) is 0. The number of fused-ring (bicyclic) bond motifs is 1. The number of piperazine rings is 1. The Kier molecular flexibility index (Phi) is 4.94. The minimum atomic E-state index is 0.0137. The molecule has 4 rings (SSSR count). The highest BCUT2D eigenvalue weighted by Crippen LogP contribution is 2.21. The number of amides is 2. The maximum Gasteiger partial charge on any atom is 0.254 e. The van der Waals surface area contributed by atoms with Crippen LogP contribution in [0, 0.1) is 0 Å². The molecule has 1 saturated heterocycles. The molecule has 2 amide bonds. The number of carbonyl (C=O) groups is 2. The van der Waals surface area contributed by atoms with Crippen molar-refractivity contribution in [2.75, 3.05) is 26.2 Å². The van der Waals surface area contributed by atoms with Gasteiger partial charge in [0.05, 0.1) is 0 Å². The lowest BCUT2D eigenvalue weighted by atomic mass is 10.0. The van der Waals surface area contributed by atoms with Crippen LogP contribution in [0.5, 0.6) is 0 Å². The molecule has 136 valence electrons. The van der Waals surface area contributed by atoms with E-state index in [0.717, 1.165) is 20.8 Å². The summed E-state index contributed by atoms with van der Waals surface area (Å²) in [5, 5.41) is 2.03. The third-order valence-electron chi connectivity index (χ3n) is 4.97. The highest BCUT2D eigenvalue weighted by Gasteiger charge is 2.26. The monoisotopic (exact) mass is 422 g/mol. The van der Waals surface area contributed by atoms with Crippen molar-refractivity contribution >= 4 is 38.5 Å². The molecule has 0 aliphatic carbocycles. The molecular formula is C22H19BrN2O2. The largest absolute Gasteiger partial charge is 0.335 e. The highest BCUT2D eigenvalue weighted by atomic mass is 79.9. The van der Waals surface area contributed by atoms with Crippen LogP contribution in [0.4, 0.5) is 0 Å². The van der Waals surface area contributed by atoms with Crippen LogP contribution < -0.4 is 0 Å². The quantitative estimate of drug-likeness (QED) is 0.620. The lowest BCUT2D eigenvalue weighted by molar-refractivity contribution is 0.0536. The van der Waals surface area contributed by atoms with Gasteiger partial charge < -0.3 is 9.80 Å². The number of halogens is 1. The highest BCUT2D eigenvalue weighted by molar-refractivity contribution is 9.10. The van der Waals surface area contributed by atoms with Crippen LogP contribution in [0.3, 0.4) is 0 Å². The molecule has 1 aliphatic heterocycles. The first kappa shape index (κ1) is 17.7. The zero-order valence-electron chi connectivity index (χ0n) is 14.8. The van der Waals surface area contributed by atoms with Crippen LogP contribution in [0.15, 0.2) is 71.2 Å². The number of carbonyl (C=O) groups excluding carboxylic acids is 2. The summed E-state index contributed by atoms with van der Waals surface area (Å²) in [5.74, 6) is 0.0438. The zero-order valence-corrected chi connectivity index (χ0v) is 16.4. The van der Waals surface area contributed by atoms with Crippen molar-refractivity contribution in [2.45, 2.75) is 0 Å². The van der Waals surface area contributed by atoms with E-state index in [1.165, 1.54) is 0 Å². The predicted octanol–water partition coefficient (Wildman–Crippen LogP) is 4.20. The fourth-order valence-electron chi connectivity index (χ4n) is 3.47. The molecule has 0 atom stereocenters. The fourth-order valence-corrected chi connectivity index (χ4v) is 3.73. The first-order valence-electron chi connectivity index (χ1n) is 8.95. The Hall–Kier alpha value is -2.66. The average Bonchev–Trinajstić information content (AvgIpc) is 2.73. The standard InChI is InChI=1S/C22H19BrN2O2/c23-18-10-8-17(9-11-18)21(26)24-12-14-25(15-13-24)22(27)20-7-3-5-16-4-1-2-6-19(16)20/h1-11H,12-15H2. The van der Waals surface area contributed by atoms with Gasteiger partial charge in [-0.05, 0) is 41.1 Å². The number of nitrogens with zero attached hydrogens (tertiary/aromatic N) is 2. The Balaban J connectivity index is 1.46. The van der Waals surface area contributed by atoms with Crippen LogP contribution in [0.1, 0.15) is 20.7 Å². The van der Waals surface area contributed by atoms with Gasteiger partial charge in [0.1, 0.15) is 0 Å². The van der Waals surface area contributed by atoms with Gasteiger partial charge in [-0.2, -0.15) is 0 Å². The fraction of sp³-hybridized carbons (Fsp3) is 0.182. The number of hydrogen-bond donors (Lipinski definition) is 0. The van der Waals surface area contributed by atoms with E-state index in [1.807, 2.05) is 76.5 Å². The summed E-state index contributed by atoms with van der Waals surface area (Å²) in [4.78, 5) is 29.3. The van der Waals surface area contributed by atoms with E-state index in [2.05, 4.69) is 15.9 Å². The molecule has 4 nitrogen and oxygen atoms in total. The Morgan fingerprint density at radius 1 is 0.704 bits per heavy atom. The van der Waals surface area contributed by atoms with Gasteiger partial charge in [0, 0.05) is 41.8 Å². The van der Waals surface area contributed by atoms with Crippen molar-refractivity contribution < 1.29 is 9.59 Å². The molecule has 0 aromatic heterocycles. The maximum atomic E-state index is 13.0. The minimum absolute atomic E-state index is 0.0137. The Morgan fingerprint density at radius 2 is 1.30 bits per heavy atom. The molecule has 27 heavy (non-hydrogen) atoms. The molecule has 0 bridgehead atoms. The molecule has 0 N–H and O–H groups in total. The van der Waals surface area contributed by atoms with Gasteiger partial charge >= 0.3 is 0 Å². The number of benzene rings is 3. The second kappa shape index (κ2) is 7.53. The van der Waals surface area contributed by atoms with Crippen molar-refractivity contribution in [3.63, 3.8) is 0 Å². The SMILES string of the molecule is O=C(c1ccc(Br)cc1)N1CCN(C(=O)c2cccc3ccccc23)CC1. The molecule has 1 heterocycles. The van der Waals surface area contributed by atoms with E-state index in [9.17, 15) is 9.59 Å². The first-order chi connectivity index (χ1) is 13.1. The van der Waals surface area contributed by atoms with Crippen LogP contribution in [-0.4, -0.2) is 47.8 Å². The van der Waals surface area contributed by atoms with Gasteiger partial charge in [-0.1, -0.05) is 52.3 Å². The third-order valence-corrected chi connectivity index (χ3v) is 5.49. The van der Waals surface area contributed by atoms with E-state index in [1.54, 1.807) is 0 Å². The summed E-state index contributed by atoms with van der Waals surface area (Å²) in [6.45, 7) is 2.19. The molecule has 3 aromatic carbocycles. The molecule has 0 unspecified atom stereocenters. The van der Waals surface area contributed by atoms with Crippen molar-refractivity contribution in [1.29, 1.82) is 0 Å². The van der Waals surface area contributed by atoms with Gasteiger partial charge in [0.15, 0.2) is 0 Å². The lowest BCUT2D eigenvalue weighted by Gasteiger charge is -2.35. The molecule has 0 radical (unpaired) electrons. The van der Waals surface area contributed by atoms with Crippen LogP contribution in [0.2, 0.25) is 0 Å². The van der Waals surface area contributed by atoms with Crippen molar-refractivity contribution in [2.24, 2.45) is 0 Å². The topological polar surface area (TPSA) is 40.6 Å². The number of rotatable bonds is 2. The average molecular weight is 423 g/mol. The smallest absolute Gasteiger partial charge is 0.254 e. The molecule has 1 fully saturated rings. The summed E-state index contributed by atoms with van der Waals surface area (Å²) in [6.07, 6.45) is 0. The van der Waals surface area contributed by atoms with E-state index >= 15 is 0 Å². The lowest BCUT2D eigenvalue weighted by Crippen LogP contribution is -2.50. The molecule has 0 saturated carbocycles. The molecule has 5 heteroatoms. The van der Waals surface area contributed by atoms with E-state index < -0.39 is 0 Å². The summed E-state index contributed by atoms with van der Waals surface area (Å²) in [5.41, 5.74) is 1.40. The molecule has 3 aromatic rings. The van der Waals surface area contributed by atoms with Gasteiger partial charge in [0.2, 0.25) is 0 Å². The van der Waals surface area contributed by atoms with Gasteiger partial charge in [-0.25, -0.2) is 0 Å². The summed E-state index contributed by atoms with van der Waals surface area (Å²) in [6, 6.07) is 21.1. The second-order valence-electron chi connectivity index (χ2n) is 6.62. The van der Waals surface area contributed by atoms with Crippen molar-refractivity contribution in [3.8, 4) is 0 Å². The predicted molar refractivity (Wildman–Crippen MR) is 110 cm³/mol. The molecule has 0 spiro atoms. The molecule has 1 aliphatic rings. The van der Waals surface area contributed by atoms with Gasteiger partial charge in [0.25, 0.3) is 11.8 Å². The van der Waals surface area contributed by atoms with Crippen LogP contribution in [-0.2, 0) is 0 Å². The van der Waals surface area contributed by atoms with E-state index in [0.29, 0.717) is 31.7 Å². The van der Waals surface area contributed by atoms with Gasteiger partial charge in [-0.3, -0.25) is 9.59 Å². The Morgan fingerprint density at radius 3 is 2.00 bits per heavy atom. The molecular weight excluding hydrogens is 404 g/mol. The second-order valence-corrected chi connectivity index (χ2v) is 7.53. The van der Waals surface area contributed by atoms with Crippen LogP contribution in [0.25, 0.3) is 10.8 Å². The first-order valence-corrected chi connectivity index (χ1v) is 9.75. The van der Waals surface area contributed by atoms with Crippen LogP contribution >= 0.6 is 15.9 Å². The summed E-state index contributed by atoms with van der Waals surface area (Å²) < 4.78 is 0.949. The Labute approximate surface area is 166 Å². The number of hydrogen-bond acceptors (Lipinski definition) is 2.